The Morgan fingerprint density at radius 3 is 2.41 bits per heavy atom. The van der Waals surface area contributed by atoms with Crippen molar-refractivity contribution >= 4 is 53.2 Å². The van der Waals surface area contributed by atoms with Gasteiger partial charge < -0.3 is 30.2 Å². The van der Waals surface area contributed by atoms with Gasteiger partial charge in [-0.1, -0.05) is 23.2 Å². The fourth-order valence-electron chi connectivity index (χ4n) is 3.38. The van der Waals surface area contributed by atoms with Crippen LogP contribution in [0.2, 0.25) is 10.0 Å². The maximum Gasteiger partial charge on any atom is 0.305 e. The largest absolute Gasteiger partial charge is 0.494 e. The number of carbonyl (C=O) groups excluding carboxylic acids is 4. The summed E-state index contributed by atoms with van der Waals surface area (Å²) < 4.78 is 5.04. The lowest BCUT2D eigenvalue weighted by molar-refractivity contribution is -0.141. The minimum absolute atomic E-state index is 0.124. The van der Waals surface area contributed by atoms with Gasteiger partial charge in [0.2, 0.25) is 11.8 Å². The molecule has 0 spiro atoms. The zero-order valence-corrected chi connectivity index (χ0v) is 18.9. The Bertz CT molecular complexity index is 901. The standard InChI is InChI=1S/C20H23Cl2N3O7/c1-10(23-18(29)11-6-13(21)17(32-2)14(22)7-11)20(31)25-5-3-4-15(25)19(30)24-12(9-26)8-16(27)28/h6-7,9-10,12,15H,3-5,8H2,1-2H3,(H,23,29)(H,24,30)(H,27,28)/t10-,12-,15-/m0/s1. The predicted octanol–water partition coefficient (Wildman–Crippen LogP) is 1.27. The summed E-state index contributed by atoms with van der Waals surface area (Å²) in [6.07, 6.45) is 0.663. The van der Waals surface area contributed by atoms with E-state index in [9.17, 15) is 24.0 Å². The predicted molar refractivity (Wildman–Crippen MR) is 115 cm³/mol. The van der Waals surface area contributed by atoms with E-state index in [1.807, 2.05) is 0 Å². The van der Waals surface area contributed by atoms with Crippen molar-refractivity contribution in [2.45, 2.75) is 44.3 Å². The highest BCUT2D eigenvalue weighted by molar-refractivity contribution is 6.37. The van der Waals surface area contributed by atoms with Gasteiger partial charge in [0.15, 0.2) is 5.75 Å². The molecule has 10 nitrogen and oxygen atoms in total. The highest BCUT2D eigenvalue weighted by Crippen LogP contribution is 2.33. The molecule has 1 aliphatic rings. The number of likely N-dealkylation sites (tertiary alicyclic amines) is 1. The monoisotopic (exact) mass is 487 g/mol. The Balaban J connectivity index is 2.06. The highest BCUT2D eigenvalue weighted by Gasteiger charge is 2.37. The van der Waals surface area contributed by atoms with Gasteiger partial charge in [0, 0.05) is 12.1 Å². The molecule has 1 aliphatic heterocycles. The summed E-state index contributed by atoms with van der Waals surface area (Å²) in [5.41, 5.74) is 0.124. The quantitative estimate of drug-likeness (QED) is 0.445. The number of methoxy groups -OCH3 is 1. The van der Waals surface area contributed by atoms with E-state index in [-0.39, 0.29) is 27.9 Å². The van der Waals surface area contributed by atoms with Crippen LogP contribution in [-0.2, 0) is 19.2 Å². The first-order chi connectivity index (χ1) is 15.1. The van der Waals surface area contributed by atoms with Gasteiger partial charge in [-0.3, -0.25) is 19.2 Å². The number of amides is 3. The second-order valence-corrected chi connectivity index (χ2v) is 8.02. The molecule has 0 saturated carbocycles. The third-order valence-corrected chi connectivity index (χ3v) is 5.47. The molecule has 174 valence electrons. The number of carbonyl (C=O) groups is 5. The van der Waals surface area contributed by atoms with Crippen LogP contribution in [0.1, 0.15) is 36.5 Å². The molecule has 3 amide bonds. The number of rotatable bonds is 9. The molecule has 1 fully saturated rings. The first kappa shape index (κ1) is 25.4. The van der Waals surface area contributed by atoms with Crippen molar-refractivity contribution < 1.29 is 33.8 Å². The summed E-state index contributed by atoms with van der Waals surface area (Å²) in [6, 6.07) is -0.335. The molecular weight excluding hydrogens is 465 g/mol. The molecule has 2 rings (SSSR count). The molecule has 3 atom stereocenters. The minimum atomic E-state index is -1.24. The van der Waals surface area contributed by atoms with Gasteiger partial charge in [-0.25, -0.2) is 0 Å². The van der Waals surface area contributed by atoms with Gasteiger partial charge in [-0.05, 0) is 31.9 Å². The van der Waals surface area contributed by atoms with Crippen molar-refractivity contribution in [2.24, 2.45) is 0 Å². The number of aldehydes is 1. The second kappa shape index (κ2) is 11.1. The number of halogens is 2. The number of hydrogen-bond acceptors (Lipinski definition) is 6. The molecule has 0 aromatic heterocycles. The number of carboxylic acids is 1. The van der Waals surface area contributed by atoms with Gasteiger partial charge in [0.25, 0.3) is 5.91 Å². The van der Waals surface area contributed by atoms with Crippen molar-refractivity contribution in [3.8, 4) is 5.75 Å². The molecular formula is C20H23Cl2N3O7. The molecule has 0 bridgehead atoms. The third-order valence-electron chi connectivity index (χ3n) is 4.91. The average molecular weight is 488 g/mol. The molecule has 1 aromatic rings. The lowest BCUT2D eigenvalue weighted by Crippen LogP contribution is -2.54. The van der Waals surface area contributed by atoms with Crippen LogP contribution in [0.15, 0.2) is 12.1 Å². The molecule has 32 heavy (non-hydrogen) atoms. The van der Waals surface area contributed by atoms with E-state index in [1.165, 1.54) is 31.1 Å². The van der Waals surface area contributed by atoms with Gasteiger partial charge in [-0.2, -0.15) is 0 Å². The molecule has 0 radical (unpaired) electrons. The maximum absolute atomic E-state index is 12.9. The topological polar surface area (TPSA) is 142 Å². The average Bonchev–Trinajstić information content (AvgIpc) is 3.21. The smallest absolute Gasteiger partial charge is 0.305 e. The molecule has 0 unspecified atom stereocenters. The number of carboxylic acid groups (broad SMARTS) is 1. The molecule has 1 saturated heterocycles. The van der Waals surface area contributed by atoms with Crippen LogP contribution in [0.5, 0.6) is 5.75 Å². The van der Waals surface area contributed by atoms with E-state index in [0.717, 1.165) is 0 Å². The van der Waals surface area contributed by atoms with E-state index in [2.05, 4.69) is 10.6 Å². The van der Waals surface area contributed by atoms with Crippen LogP contribution in [-0.4, -0.2) is 71.8 Å². The van der Waals surface area contributed by atoms with Crippen molar-refractivity contribution in [3.05, 3.63) is 27.7 Å². The number of nitrogens with zero attached hydrogens (tertiary/aromatic N) is 1. The van der Waals surface area contributed by atoms with Crippen LogP contribution in [0.3, 0.4) is 0 Å². The van der Waals surface area contributed by atoms with E-state index in [4.69, 9.17) is 33.0 Å². The number of benzene rings is 1. The summed E-state index contributed by atoms with van der Waals surface area (Å²) in [7, 11) is 1.38. The summed E-state index contributed by atoms with van der Waals surface area (Å²) in [6.45, 7) is 1.75. The summed E-state index contributed by atoms with van der Waals surface area (Å²) in [4.78, 5) is 61.1. The van der Waals surface area contributed by atoms with Gasteiger partial charge in [0.05, 0.1) is 29.6 Å². The number of nitrogens with one attached hydrogen (secondary N) is 2. The fraction of sp³-hybridized carbons (Fsp3) is 0.450. The Hall–Kier alpha value is -2.85. The van der Waals surface area contributed by atoms with Crippen LogP contribution >= 0.6 is 23.2 Å². The highest BCUT2D eigenvalue weighted by atomic mass is 35.5. The van der Waals surface area contributed by atoms with E-state index in [0.29, 0.717) is 19.1 Å². The minimum Gasteiger partial charge on any atom is -0.494 e. The normalized spacial score (nSPS) is 17.2. The Labute approximate surface area is 194 Å². The first-order valence-corrected chi connectivity index (χ1v) is 10.5. The maximum atomic E-state index is 12.9. The Morgan fingerprint density at radius 1 is 1.25 bits per heavy atom. The Kier molecular flexibility index (Phi) is 8.85. The van der Waals surface area contributed by atoms with Gasteiger partial charge in [-0.15, -0.1) is 0 Å². The molecule has 12 heteroatoms. The number of hydrogen-bond donors (Lipinski definition) is 3. The fourth-order valence-corrected chi connectivity index (χ4v) is 4.02. The second-order valence-electron chi connectivity index (χ2n) is 7.21. The van der Waals surface area contributed by atoms with Crippen LogP contribution in [0.25, 0.3) is 0 Å². The summed E-state index contributed by atoms with van der Waals surface area (Å²) in [5, 5.41) is 14.0. The lowest BCUT2D eigenvalue weighted by atomic mass is 10.1. The molecule has 0 aliphatic carbocycles. The number of ether oxygens (including phenoxy) is 1. The van der Waals surface area contributed by atoms with Crippen LogP contribution in [0.4, 0.5) is 0 Å². The van der Waals surface area contributed by atoms with E-state index in [1.54, 1.807) is 0 Å². The molecule has 1 heterocycles. The van der Waals surface area contributed by atoms with E-state index >= 15 is 0 Å². The molecule has 3 N–H and O–H groups in total. The van der Waals surface area contributed by atoms with Crippen molar-refractivity contribution in [2.75, 3.05) is 13.7 Å². The Morgan fingerprint density at radius 2 is 1.88 bits per heavy atom. The zero-order chi connectivity index (χ0) is 24.0. The third kappa shape index (κ3) is 6.10. The van der Waals surface area contributed by atoms with E-state index < -0.39 is 48.2 Å². The van der Waals surface area contributed by atoms with Gasteiger partial charge in [0.1, 0.15) is 18.4 Å². The van der Waals surface area contributed by atoms with Crippen molar-refractivity contribution in [1.29, 1.82) is 0 Å². The summed E-state index contributed by atoms with van der Waals surface area (Å²) in [5.74, 6) is -2.74. The van der Waals surface area contributed by atoms with Crippen molar-refractivity contribution in [1.82, 2.24) is 15.5 Å². The van der Waals surface area contributed by atoms with Crippen LogP contribution < -0.4 is 15.4 Å². The van der Waals surface area contributed by atoms with Gasteiger partial charge >= 0.3 is 5.97 Å². The number of aliphatic carboxylic acids is 1. The zero-order valence-electron chi connectivity index (χ0n) is 17.4. The van der Waals surface area contributed by atoms with Crippen molar-refractivity contribution in [3.63, 3.8) is 0 Å². The lowest BCUT2D eigenvalue weighted by Gasteiger charge is -2.27. The molecule has 1 aromatic carbocycles. The summed E-state index contributed by atoms with van der Waals surface area (Å²) >= 11 is 12.1. The van der Waals surface area contributed by atoms with Crippen LogP contribution in [0, 0.1) is 0 Å². The SMILES string of the molecule is COc1c(Cl)cc(C(=O)N[C@@H](C)C(=O)N2CCC[C@H]2C(=O)N[C@H](C=O)CC(=O)O)cc1Cl. The first-order valence-electron chi connectivity index (χ1n) is 9.70.